The minimum Gasteiger partial charge on any atom is -0.493 e. The first-order chi connectivity index (χ1) is 16.1. The summed E-state index contributed by atoms with van der Waals surface area (Å²) in [5.41, 5.74) is 2.49. The summed E-state index contributed by atoms with van der Waals surface area (Å²) in [6.07, 6.45) is 4.82. The number of pyridine rings is 1. The van der Waals surface area contributed by atoms with Crippen LogP contribution in [0, 0.1) is 0 Å². The quantitative estimate of drug-likeness (QED) is 0.407. The molecule has 4 aromatic rings. The third-order valence-electron chi connectivity index (χ3n) is 4.72. The van der Waals surface area contributed by atoms with E-state index in [2.05, 4.69) is 15.6 Å². The number of benzene rings is 2. The first-order valence-electron chi connectivity index (χ1n) is 10.1. The molecule has 0 radical (unpaired) electrons. The van der Waals surface area contributed by atoms with Crippen LogP contribution in [-0.4, -0.2) is 23.9 Å². The number of carbonyl (C=O) groups excluding carboxylic acids is 2. The Balaban J connectivity index is 1.40. The Bertz CT molecular complexity index is 1220. The molecule has 0 aliphatic rings. The number of furan rings is 1. The monoisotopic (exact) mass is 443 g/mol. The molecule has 2 N–H and O–H groups in total. The maximum Gasteiger partial charge on any atom is 0.291 e. The van der Waals surface area contributed by atoms with Gasteiger partial charge in [0.1, 0.15) is 6.61 Å². The van der Waals surface area contributed by atoms with Crippen molar-refractivity contribution in [3.05, 3.63) is 102 Å². The highest BCUT2D eigenvalue weighted by atomic mass is 16.5. The van der Waals surface area contributed by atoms with Gasteiger partial charge >= 0.3 is 0 Å². The summed E-state index contributed by atoms with van der Waals surface area (Å²) in [4.78, 5) is 28.7. The molecule has 2 aromatic carbocycles. The first-order valence-corrected chi connectivity index (χ1v) is 10.1. The Morgan fingerprint density at radius 2 is 1.61 bits per heavy atom. The zero-order chi connectivity index (χ0) is 23.0. The van der Waals surface area contributed by atoms with Crippen LogP contribution in [0.5, 0.6) is 11.5 Å². The lowest BCUT2D eigenvalue weighted by molar-refractivity contribution is 0.0995. The highest BCUT2D eigenvalue weighted by molar-refractivity contribution is 6.05. The third-order valence-corrected chi connectivity index (χ3v) is 4.72. The molecule has 2 amide bonds. The van der Waals surface area contributed by atoms with Gasteiger partial charge in [-0.15, -0.1) is 0 Å². The molecule has 2 heterocycles. The summed E-state index contributed by atoms with van der Waals surface area (Å²) in [6, 6.07) is 18.6. The van der Waals surface area contributed by atoms with Crippen molar-refractivity contribution in [3.63, 3.8) is 0 Å². The van der Waals surface area contributed by atoms with Crippen molar-refractivity contribution < 1.29 is 23.5 Å². The van der Waals surface area contributed by atoms with Gasteiger partial charge in [0.15, 0.2) is 17.3 Å². The van der Waals surface area contributed by atoms with E-state index in [9.17, 15) is 9.59 Å². The van der Waals surface area contributed by atoms with Crippen LogP contribution in [0.15, 0.2) is 89.8 Å². The Kier molecular flexibility index (Phi) is 6.65. The molecule has 0 aliphatic carbocycles. The van der Waals surface area contributed by atoms with Crippen LogP contribution in [-0.2, 0) is 6.61 Å². The van der Waals surface area contributed by atoms with E-state index in [1.165, 1.54) is 6.26 Å². The van der Waals surface area contributed by atoms with Gasteiger partial charge in [0.2, 0.25) is 0 Å². The van der Waals surface area contributed by atoms with E-state index in [0.717, 1.165) is 5.56 Å². The van der Waals surface area contributed by atoms with E-state index in [4.69, 9.17) is 13.9 Å². The second-order valence-corrected chi connectivity index (χ2v) is 6.97. The lowest BCUT2D eigenvalue weighted by atomic mass is 10.2. The highest BCUT2D eigenvalue weighted by Crippen LogP contribution is 2.31. The van der Waals surface area contributed by atoms with Crippen LogP contribution in [0.2, 0.25) is 0 Å². The van der Waals surface area contributed by atoms with Crippen LogP contribution >= 0.6 is 0 Å². The summed E-state index contributed by atoms with van der Waals surface area (Å²) in [5, 5.41) is 5.55. The molecule has 0 atom stereocenters. The van der Waals surface area contributed by atoms with Gasteiger partial charge in [-0.2, -0.15) is 0 Å². The molecule has 8 heteroatoms. The summed E-state index contributed by atoms with van der Waals surface area (Å²) in [6.45, 7) is 0.335. The summed E-state index contributed by atoms with van der Waals surface area (Å²) in [7, 11) is 1.55. The normalized spacial score (nSPS) is 10.3. The number of nitrogens with one attached hydrogen (secondary N) is 2. The van der Waals surface area contributed by atoms with Crippen LogP contribution in [0.1, 0.15) is 26.5 Å². The van der Waals surface area contributed by atoms with Gasteiger partial charge in [0.25, 0.3) is 11.8 Å². The second kappa shape index (κ2) is 10.1. The molecule has 0 aliphatic heterocycles. The first kappa shape index (κ1) is 21.6. The SMILES string of the molecule is COc1ccc(NC(=O)c2ccc(NC(=O)c3ccco3)cc2)cc1OCc1ccncc1. The number of amides is 2. The van der Waals surface area contributed by atoms with E-state index in [0.29, 0.717) is 35.0 Å². The van der Waals surface area contributed by atoms with Gasteiger partial charge in [0.05, 0.1) is 13.4 Å². The van der Waals surface area contributed by atoms with E-state index >= 15 is 0 Å². The smallest absolute Gasteiger partial charge is 0.291 e. The molecular weight excluding hydrogens is 422 g/mol. The molecule has 0 fully saturated rings. The van der Waals surface area contributed by atoms with E-state index in [1.807, 2.05) is 12.1 Å². The topological polar surface area (TPSA) is 103 Å². The predicted octanol–water partition coefficient (Wildman–Crippen LogP) is 4.77. The number of hydrogen-bond acceptors (Lipinski definition) is 6. The summed E-state index contributed by atoms with van der Waals surface area (Å²) < 4.78 is 16.3. The Labute approximate surface area is 190 Å². The maximum atomic E-state index is 12.7. The molecule has 0 bridgehead atoms. The van der Waals surface area contributed by atoms with Gasteiger partial charge in [0, 0.05) is 35.4 Å². The van der Waals surface area contributed by atoms with Crippen molar-refractivity contribution in [2.24, 2.45) is 0 Å². The molecule has 0 saturated heterocycles. The van der Waals surface area contributed by atoms with Gasteiger partial charge in [-0.1, -0.05) is 0 Å². The number of aromatic nitrogens is 1. The number of ether oxygens (including phenoxy) is 2. The molecule has 0 unspecified atom stereocenters. The fourth-order valence-corrected chi connectivity index (χ4v) is 3.02. The molecule has 33 heavy (non-hydrogen) atoms. The minimum absolute atomic E-state index is 0.207. The molecule has 0 spiro atoms. The van der Waals surface area contributed by atoms with Crippen LogP contribution in [0.3, 0.4) is 0 Å². The van der Waals surface area contributed by atoms with Gasteiger partial charge in [-0.25, -0.2) is 0 Å². The standard InChI is InChI=1S/C25H21N3O5/c1-31-21-9-8-20(15-23(21)33-16-17-10-12-26-13-11-17)28-24(29)18-4-6-19(7-5-18)27-25(30)22-3-2-14-32-22/h2-15H,16H2,1H3,(H,27,30)(H,28,29). The van der Waals surface area contributed by atoms with Crippen molar-refractivity contribution in [1.82, 2.24) is 4.98 Å². The Morgan fingerprint density at radius 3 is 2.30 bits per heavy atom. The fraction of sp³-hybridized carbons (Fsp3) is 0.0800. The van der Waals surface area contributed by atoms with Crippen molar-refractivity contribution in [1.29, 1.82) is 0 Å². The predicted molar refractivity (Wildman–Crippen MR) is 123 cm³/mol. The van der Waals surface area contributed by atoms with Crippen molar-refractivity contribution >= 4 is 23.2 Å². The number of nitrogens with zero attached hydrogens (tertiary/aromatic N) is 1. The largest absolute Gasteiger partial charge is 0.493 e. The maximum absolute atomic E-state index is 12.7. The number of anilines is 2. The number of carbonyl (C=O) groups is 2. The average molecular weight is 443 g/mol. The lowest BCUT2D eigenvalue weighted by Gasteiger charge is -2.13. The fourth-order valence-electron chi connectivity index (χ4n) is 3.02. The number of methoxy groups -OCH3 is 1. The minimum atomic E-state index is -0.366. The molecular formula is C25H21N3O5. The molecule has 4 rings (SSSR count). The second-order valence-electron chi connectivity index (χ2n) is 6.97. The van der Waals surface area contributed by atoms with Gasteiger partial charge in [-0.3, -0.25) is 14.6 Å². The average Bonchev–Trinajstić information content (AvgIpc) is 3.39. The van der Waals surface area contributed by atoms with E-state index in [-0.39, 0.29) is 17.6 Å². The number of hydrogen-bond donors (Lipinski definition) is 2. The molecule has 8 nitrogen and oxygen atoms in total. The zero-order valence-electron chi connectivity index (χ0n) is 17.8. The van der Waals surface area contributed by atoms with Crippen LogP contribution in [0.25, 0.3) is 0 Å². The van der Waals surface area contributed by atoms with E-state index in [1.54, 1.807) is 74.1 Å². The zero-order valence-corrected chi connectivity index (χ0v) is 17.8. The van der Waals surface area contributed by atoms with Crippen LogP contribution in [0.4, 0.5) is 11.4 Å². The van der Waals surface area contributed by atoms with Gasteiger partial charge in [-0.05, 0) is 66.2 Å². The Hall–Kier alpha value is -4.59. The van der Waals surface area contributed by atoms with E-state index < -0.39 is 0 Å². The summed E-state index contributed by atoms with van der Waals surface area (Å²) >= 11 is 0. The molecule has 166 valence electrons. The lowest BCUT2D eigenvalue weighted by Crippen LogP contribution is -2.13. The van der Waals surface area contributed by atoms with Gasteiger partial charge < -0.3 is 24.5 Å². The summed E-state index contributed by atoms with van der Waals surface area (Å²) in [5.74, 6) is 0.596. The van der Waals surface area contributed by atoms with Crippen molar-refractivity contribution in [2.75, 3.05) is 17.7 Å². The molecule has 2 aromatic heterocycles. The molecule has 0 saturated carbocycles. The number of rotatable bonds is 8. The van der Waals surface area contributed by atoms with Crippen LogP contribution < -0.4 is 20.1 Å². The highest BCUT2D eigenvalue weighted by Gasteiger charge is 2.12. The third kappa shape index (κ3) is 5.56. The Morgan fingerprint density at radius 1 is 0.879 bits per heavy atom. The van der Waals surface area contributed by atoms with Crippen molar-refractivity contribution in [2.45, 2.75) is 6.61 Å². The van der Waals surface area contributed by atoms with Crippen molar-refractivity contribution in [3.8, 4) is 11.5 Å².